The third-order valence-corrected chi connectivity index (χ3v) is 5.85. The van der Waals surface area contributed by atoms with Crippen LogP contribution in [0.4, 0.5) is 5.69 Å². The number of benzene rings is 2. The van der Waals surface area contributed by atoms with Crippen LogP contribution < -0.4 is 15.5 Å². The molecule has 1 amide bonds. The van der Waals surface area contributed by atoms with E-state index in [-0.39, 0.29) is 11.9 Å². The van der Waals surface area contributed by atoms with Crippen molar-refractivity contribution in [3.8, 4) is 0 Å². The van der Waals surface area contributed by atoms with Crippen molar-refractivity contribution in [2.45, 2.75) is 44.2 Å². The van der Waals surface area contributed by atoms with Crippen molar-refractivity contribution < 1.29 is 14.4 Å². The van der Waals surface area contributed by atoms with E-state index in [0.29, 0.717) is 18.4 Å². The molecule has 0 radical (unpaired) electrons. The number of carbonyl (C=O) groups is 3. The summed E-state index contributed by atoms with van der Waals surface area (Å²) in [6.07, 6.45) is 5.84. The molecule has 1 fully saturated rings. The molecule has 2 aromatic carbocycles. The summed E-state index contributed by atoms with van der Waals surface area (Å²) in [5.41, 5.74) is 2.61. The van der Waals surface area contributed by atoms with Gasteiger partial charge in [-0.25, -0.2) is 0 Å². The number of fused-ring (bicyclic) bond motifs is 1. The van der Waals surface area contributed by atoms with Gasteiger partial charge in [-0.2, -0.15) is 0 Å². The van der Waals surface area contributed by atoms with Gasteiger partial charge in [-0.05, 0) is 42.8 Å². The average Bonchev–Trinajstić information content (AvgIpc) is 2.78. The Morgan fingerprint density at radius 3 is 2.76 bits per heavy atom. The Bertz CT molecular complexity index is 890. The molecule has 0 saturated carbocycles. The van der Waals surface area contributed by atoms with Crippen LogP contribution >= 0.6 is 0 Å². The molecular weight excluding hydrogens is 366 g/mol. The molecule has 1 heterocycles. The first-order valence-corrected chi connectivity index (χ1v) is 10.2. The monoisotopic (exact) mass is 395 g/mol. The molecule has 2 aromatic rings. The average molecular weight is 396 g/mol. The van der Waals surface area contributed by atoms with Gasteiger partial charge in [0.25, 0.3) is 0 Å². The van der Waals surface area contributed by atoms with E-state index in [1.54, 1.807) is 7.05 Å². The Morgan fingerprint density at radius 1 is 1.28 bits per heavy atom. The van der Waals surface area contributed by atoms with Gasteiger partial charge in [-0.15, -0.1) is 0 Å². The van der Waals surface area contributed by atoms with Crippen molar-refractivity contribution in [2.24, 2.45) is 0 Å². The molecule has 1 saturated heterocycles. The maximum atomic E-state index is 12.5. The van der Waals surface area contributed by atoms with Gasteiger partial charge in [-0.3, -0.25) is 9.59 Å². The normalized spacial score (nSPS) is 17.5. The van der Waals surface area contributed by atoms with E-state index in [1.807, 2.05) is 42.3 Å². The molecule has 6 heteroatoms. The zero-order valence-corrected chi connectivity index (χ0v) is 17.1. The summed E-state index contributed by atoms with van der Waals surface area (Å²) in [6.45, 7) is 0.992. The van der Waals surface area contributed by atoms with Crippen LogP contribution in [0.25, 0.3) is 10.8 Å². The molecule has 0 bridgehead atoms. The van der Waals surface area contributed by atoms with Gasteiger partial charge in [0.15, 0.2) is 6.29 Å². The lowest BCUT2D eigenvalue weighted by Crippen LogP contribution is -2.44. The van der Waals surface area contributed by atoms with Crippen molar-refractivity contribution in [1.29, 1.82) is 0 Å². The van der Waals surface area contributed by atoms with Gasteiger partial charge in [0.05, 0.1) is 0 Å². The van der Waals surface area contributed by atoms with Crippen LogP contribution in [0.2, 0.25) is 0 Å². The molecule has 6 nitrogen and oxygen atoms in total. The molecule has 29 heavy (non-hydrogen) atoms. The Balaban J connectivity index is 2.12. The van der Waals surface area contributed by atoms with Crippen LogP contribution in [0.1, 0.15) is 54.1 Å². The minimum atomic E-state index is -0.494. The first-order valence-electron chi connectivity index (χ1n) is 10.2. The largest absolute Gasteiger partial charge is 0.362 e. The third-order valence-electron chi connectivity index (χ3n) is 5.85. The summed E-state index contributed by atoms with van der Waals surface area (Å²) in [4.78, 5) is 37.1. The Hall–Kier alpha value is -2.73. The minimum absolute atomic E-state index is 0.149. The van der Waals surface area contributed by atoms with Gasteiger partial charge in [0, 0.05) is 43.2 Å². The SMILES string of the molecule is CNC(=O)C(CCC=O)N(C)c1cccc2c(C3CCCCN3)ccc(C=O)c12. The predicted molar refractivity (Wildman–Crippen MR) is 115 cm³/mol. The zero-order valence-electron chi connectivity index (χ0n) is 17.1. The highest BCUT2D eigenvalue weighted by Gasteiger charge is 2.25. The fraction of sp³-hybridized carbons (Fsp3) is 0.435. The second-order valence-electron chi connectivity index (χ2n) is 7.55. The lowest BCUT2D eigenvalue weighted by molar-refractivity contribution is -0.122. The number of likely N-dealkylation sites (N-methyl/N-ethyl adjacent to an activating group) is 2. The van der Waals surface area contributed by atoms with E-state index in [4.69, 9.17) is 0 Å². The topological polar surface area (TPSA) is 78.5 Å². The van der Waals surface area contributed by atoms with E-state index >= 15 is 0 Å². The van der Waals surface area contributed by atoms with Gasteiger partial charge in [-0.1, -0.05) is 30.7 Å². The number of hydrogen-bond acceptors (Lipinski definition) is 5. The van der Waals surface area contributed by atoms with Crippen LogP contribution in [-0.4, -0.2) is 45.2 Å². The number of piperidine rings is 1. The maximum Gasteiger partial charge on any atom is 0.242 e. The van der Waals surface area contributed by atoms with Gasteiger partial charge in [0.1, 0.15) is 12.3 Å². The van der Waals surface area contributed by atoms with Gasteiger partial charge < -0.3 is 20.3 Å². The number of carbonyl (C=O) groups excluding carboxylic acids is 3. The summed E-state index contributed by atoms with van der Waals surface area (Å²) in [7, 11) is 3.44. The number of rotatable bonds is 8. The molecule has 2 N–H and O–H groups in total. The van der Waals surface area contributed by atoms with E-state index in [1.165, 1.54) is 18.4 Å². The first kappa shape index (κ1) is 21.0. The van der Waals surface area contributed by atoms with Crippen molar-refractivity contribution in [3.63, 3.8) is 0 Å². The van der Waals surface area contributed by atoms with Crippen molar-refractivity contribution in [1.82, 2.24) is 10.6 Å². The Labute approximate surface area is 171 Å². The van der Waals surface area contributed by atoms with Gasteiger partial charge in [0.2, 0.25) is 5.91 Å². The van der Waals surface area contributed by atoms with E-state index < -0.39 is 6.04 Å². The van der Waals surface area contributed by atoms with E-state index in [0.717, 1.165) is 42.0 Å². The predicted octanol–water partition coefficient (Wildman–Crippen LogP) is 3.00. The fourth-order valence-electron chi connectivity index (χ4n) is 4.31. The van der Waals surface area contributed by atoms with Crippen LogP contribution in [-0.2, 0) is 9.59 Å². The summed E-state index contributed by atoms with van der Waals surface area (Å²) in [5.74, 6) is -0.149. The molecule has 0 aliphatic carbocycles. The lowest BCUT2D eigenvalue weighted by Gasteiger charge is -2.31. The van der Waals surface area contributed by atoms with Crippen LogP contribution in [0.5, 0.6) is 0 Å². The van der Waals surface area contributed by atoms with Gasteiger partial charge >= 0.3 is 0 Å². The standard InChI is InChI=1S/C23H29N3O3/c1-24-23(29)21(10-6-14-27)26(2)20-9-5-7-18-17(19-8-3-4-13-25-19)12-11-16(15-28)22(18)20/h5,7,9,11-12,14-15,19,21,25H,3-4,6,8,10,13H2,1-2H3,(H,24,29). The summed E-state index contributed by atoms with van der Waals surface area (Å²) in [6, 6.07) is 9.63. The summed E-state index contributed by atoms with van der Waals surface area (Å²) >= 11 is 0. The second kappa shape index (κ2) is 9.65. The van der Waals surface area contributed by atoms with Crippen LogP contribution in [0, 0.1) is 0 Å². The van der Waals surface area contributed by atoms with Crippen molar-refractivity contribution >= 4 is 34.9 Å². The molecule has 154 valence electrons. The van der Waals surface area contributed by atoms with E-state index in [2.05, 4.69) is 10.6 Å². The molecule has 2 unspecified atom stereocenters. The molecule has 2 atom stereocenters. The maximum absolute atomic E-state index is 12.5. The van der Waals surface area contributed by atoms with Crippen LogP contribution in [0.15, 0.2) is 30.3 Å². The highest BCUT2D eigenvalue weighted by atomic mass is 16.2. The quantitative estimate of drug-likeness (QED) is 0.672. The molecule has 0 aromatic heterocycles. The number of anilines is 1. The lowest BCUT2D eigenvalue weighted by atomic mass is 9.90. The minimum Gasteiger partial charge on any atom is -0.362 e. The highest BCUT2D eigenvalue weighted by Crippen LogP contribution is 2.36. The van der Waals surface area contributed by atoms with Crippen molar-refractivity contribution in [3.05, 3.63) is 41.5 Å². The number of nitrogens with one attached hydrogen (secondary N) is 2. The first-order chi connectivity index (χ1) is 14.1. The number of nitrogens with zero attached hydrogens (tertiary/aromatic N) is 1. The Kier molecular flexibility index (Phi) is 6.99. The number of aldehydes is 2. The third kappa shape index (κ3) is 4.32. The number of amides is 1. The fourth-order valence-corrected chi connectivity index (χ4v) is 4.31. The summed E-state index contributed by atoms with van der Waals surface area (Å²) < 4.78 is 0. The second-order valence-corrected chi connectivity index (χ2v) is 7.55. The molecule has 0 spiro atoms. The molecule has 3 rings (SSSR count). The molecule has 1 aliphatic heterocycles. The smallest absolute Gasteiger partial charge is 0.242 e. The number of hydrogen-bond donors (Lipinski definition) is 2. The van der Waals surface area contributed by atoms with Crippen LogP contribution in [0.3, 0.4) is 0 Å². The van der Waals surface area contributed by atoms with E-state index in [9.17, 15) is 14.4 Å². The molecule has 1 aliphatic rings. The zero-order chi connectivity index (χ0) is 20.8. The molecular formula is C23H29N3O3. The Morgan fingerprint density at radius 2 is 2.10 bits per heavy atom. The summed E-state index contributed by atoms with van der Waals surface area (Å²) in [5, 5.41) is 8.16. The van der Waals surface area contributed by atoms with Crippen molar-refractivity contribution in [2.75, 3.05) is 25.5 Å². The highest BCUT2D eigenvalue weighted by molar-refractivity contribution is 6.07.